The zero-order chi connectivity index (χ0) is 6.97. The molecule has 1 saturated heterocycles. The van der Waals surface area contributed by atoms with Crippen molar-refractivity contribution in [3.05, 3.63) is 23.1 Å². The number of hydrogen-bond donors (Lipinski definition) is 1. The Morgan fingerprint density at radius 3 is 2.64 bits per heavy atom. The number of halogens is 2. The molecule has 1 N–H and O–H groups in total. The molecule has 0 amide bonds. The second-order valence-electron chi connectivity index (χ2n) is 2.44. The highest BCUT2D eigenvalue weighted by Gasteiger charge is 2.21. The lowest BCUT2D eigenvalue weighted by atomic mass is 10.1. The normalized spacial score (nSPS) is 22.1. The van der Waals surface area contributed by atoms with Gasteiger partial charge >= 0.3 is 0 Å². The molecule has 2 heterocycles. The second-order valence-corrected chi connectivity index (χ2v) is 2.81. The van der Waals surface area contributed by atoms with Crippen molar-refractivity contribution in [2.75, 3.05) is 6.54 Å². The van der Waals surface area contributed by atoms with Crippen molar-refractivity contribution in [2.24, 2.45) is 0 Å². The Labute approximate surface area is 76.3 Å². The van der Waals surface area contributed by atoms with Crippen molar-refractivity contribution in [1.82, 2.24) is 5.32 Å². The zero-order valence-electron chi connectivity index (χ0n) is 5.84. The molecule has 0 spiro atoms. The molecule has 0 aliphatic carbocycles. The number of hydrogen-bond acceptors (Lipinski definition) is 2. The fraction of sp³-hybridized carbons (Fsp3) is 0.429. The molecule has 1 aromatic heterocycles. The molecule has 2 rings (SSSR count). The molecule has 0 aromatic carbocycles. The van der Waals surface area contributed by atoms with Gasteiger partial charge in [0.15, 0.2) is 5.22 Å². The van der Waals surface area contributed by atoms with E-state index in [4.69, 9.17) is 16.0 Å². The molecule has 0 saturated carbocycles. The first-order chi connectivity index (χ1) is 4.86. The molecule has 0 bridgehead atoms. The average Bonchev–Trinajstić information content (AvgIpc) is 2.10. The molecule has 1 aromatic rings. The predicted molar refractivity (Wildman–Crippen MR) is 46.3 cm³/mol. The highest BCUT2D eigenvalue weighted by atomic mass is 35.5. The van der Waals surface area contributed by atoms with Gasteiger partial charge in [-0.3, -0.25) is 0 Å². The van der Waals surface area contributed by atoms with Gasteiger partial charge in [-0.2, -0.15) is 0 Å². The van der Waals surface area contributed by atoms with E-state index in [1.54, 1.807) is 6.07 Å². The van der Waals surface area contributed by atoms with Crippen LogP contribution in [0, 0.1) is 0 Å². The van der Waals surface area contributed by atoms with E-state index in [0.29, 0.717) is 11.3 Å². The largest absolute Gasteiger partial charge is 0.448 e. The highest BCUT2D eigenvalue weighted by Crippen LogP contribution is 2.25. The Hall–Kier alpha value is -0.180. The van der Waals surface area contributed by atoms with Gasteiger partial charge in [0.2, 0.25) is 0 Å². The maximum atomic E-state index is 5.59. The SMILES string of the molecule is Cl.Clc1ccc([C@@H]2CCN2)o1. The van der Waals surface area contributed by atoms with E-state index in [2.05, 4.69) is 5.32 Å². The standard InChI is InChI=1S/C7H8ClNO.ClH/c8-7-2-1-6(10-7)5-3-4-9-5;/h1-2,5,9H,3-4H2;1H/t5-;/m0./s1. The van der Waals surface area contributed by atoms with Gasteiger partial charge in [-0.1, -0.05) is 0 Å². The van der Waals surface area contributed by atoms with Gasteiger partial charge < -0.3 is 9.73 Å². The topological polar surface area (TPSA) is 25.2 Å². The molecule has 62 valence electrons. The van der Waals surface area contributed by atoms with Crippen molar-refractivity contribution in [3.63, 3.8) is 0 Å². The van der Waals surface area contributed by atoms with E-state index in [9.17, 15) is 0 Å². The molecule has 1 fully saturated rings. The summed E-state index contributed by atoms with van der Waals surface area (Å²) in [6.45, 7) is 1.09. The Bertz CT molecular complexity index is 232. The maximum absolute atomic E-state index is 5.59. The van der Waals surface area contributed by atoms with Crippen LogP contribution in [-0.2, 0) is 0 Å². The molecule has 1 aliphatic rings. The van der Waals surface area contributed by atoms with Crippen LogP contribution in [0.2, 0.25) is 5.22 Å². The fourth-order valence-electron chi connectivity index (χ4n) is 1.05. The van der Waals surface area contributed by atoms with E-state index in [1.165, 1.54) is 0 Å². The van der Waals surface area contributed by atoms with Gasteiger partial charge in [-0.25, -0.2) is 0 Å². The fourth-order valence-corrected chi connectivity index (χ4v) is 1.20. The molecule has 2 nitrogen and oxygen atoms in total. The summed E-state index contributed by atoms with van der Waals surface area (Å²) in [5, 5.41) is 3.70. The summed E-state index contributed by atoms with van der Waals surface area (Å²) >= 11 is 5.59. The Balaban J connectivity index is 0.000000605. The van der Waals surface area contributed by atoms with Crippen LogP contribution in [0.1, 0.15) is 18.2 Å². The molecular weight excluding hydrogens is 185 g/mol. The van der Waals surface area contributed by atoms with Crippen molar-refractivity contribution in [3.8, 4) is 0 Å². The van der Waals surface area contributed by atoms with Gasteiger partial charge in [0.25, 0.3) is 0 Å². The highest BCUT2D eigenvalue weighted by molar-refractivity contribution is 6.28. The smallest absolute Gasteiger partial charge is 0.193 e. The Morgan fingerprint density at radius 1 is 1.55 bits per heavy atom. The number of furan rings is 1. The van der Waals surface area contributed by atoms with E-state index in [-0.39, 0.29) is 12.4 Å². The van der Waals surface area contributed by atoms with Crippen molar-refractivity contribution in [2.45, 2.75) is 12.5 Å². The van der Waals surface area contributed by atoms with E-state index >= 15 is 0 Å². The third-order valence-electron chi connectivity index (χ3n) is 1.76. The summed E-state index contributed by atoms with van der Waals surface area (Å²) in [7, 11) is 0. The third kappa shape index (κ3) is 1.70. The Morgan fingerprint density at radius 2 is 2.27 bits per heavy atom. The molecule has 1 aliphatic heterocycles. The second kappa shape index (κ2) is 3.48. The summed E-state index contributed by atoms with van der Waals surface area (Å²) in [5.41, 5.74) is 0. The van der Waals surface area contributed by atoms with Crippen LogP contribution in [0.3, 0.4) is 0 Å². The number of nitrogens with one attached hydrogen (secondary N) is 1. The van der Waals surface area contributed by atoms with E-state index in [0.717, 1.165) is 18.7 Å². The summed E-state index contributed by atoms with van der Waals surface area (Å²) in [5.74, 6) is 0.955. The predicted octanol–water partition coefficient (Wildman–Crippen LogP) is 2.39. The summed E-state index contributed by atoms with van der Waals surface area (Å²) in [4.78, 5) is 0. The quantitative estimate of drug-likeness (QED) is 0.742. The minimum atomic E-state index is 0. The van der Waals surface area contributed by atoms with Gasteiger partial charge in [-0.05, 0) is 36.7 Å². The minimum absolute atomic E-state index is 0. The summed E-state index contributed by atoms with van der Waals surface area (Å²) in [6.07, 6.45) is 1.16. The van der Waals surface area contributed by atoms with Crippen LogP contribution in [0.15, 0.2) is 16.5 Å². The lowest BCUT2D eigenvalue weighted by Gasteiger charge is -2.25. The van der Waals surface area contributed by atoms with Gasteiger partial charge in [0.05, 0.1) is 6.04 Å². The van der Waals surface area contributed by atoms with E-state index < -0.39 is 0 Å². The minimum Gasteiger partial charge on any atom is -0.448 e. The zero-order valence-corrected chi connectivity index (χ0v) is 7.41. The molecule has 0 unspecified atom stereocenters. The van der Waals surface area contributed by atoms with Crippen LogP contribution >= 0.6 is 24.0 Å². The maximum Gasteiger partial charge on any atom is 0.193 e. The van der Waals surface area contributed by atoms with Crippen molar-refractivity contribution < 1.29 is 4.42 Å². The molecule has 0 radical (unpaired) electrons. The number of rotatable bonds is 1. The van der Waals surface area contributed by atoms with E-state index in [1.807, 2.05) is 6.07 Å². The Kier molecular flexibility index (Phi) is 2.82. The molecule has 4 heteroatoms. The summed E-state index contributed by atoms with van der Waals surface area (Å²) < 4.78 is 5.19. The monoisotopic (exact) mass is 193 g/mol. The lowest BCUT2D eigenvalue weighted by molar-refractivity contribution is 0.320. The van der Waals surface area contributed by atoms with Crippen molar-refractivity contribution >= 4 is 24.0 Å². The first-order valence-electron chi connectivity index (χ1n) is 3.35. The third-order valence-corrected chi connectivity index (χ3v) is 1.96. The van der Waals surface area contributed by atoms with Crippen LogP contribution in [0.25, 0.3) is 0 Å². The van der Waals surface area contributed by atoms with Crippen LogP contribution in [0.5, 0.6) is 0 Å². The van der Waals surface area contributed by atoms with Crippen LogP contribution < -0.4 is 5.32 Å². The van der Waals surface area contributed by atoms with Gasteiger partial charge in [0.1, 0.15) is 5.76 Å². The van der Waals surface area contributed by atoms with Crippen LogP contribution in [-0.4, -0.2) is 6.54 Å². The molecule has 1 atom stereocenters. The van der Waals surface area contributed by atoms with Gasteiger partial charge in [0, 0.05) is 0 Å². The van der Waals surface area contributed by atoms with Crippen molar-refractivity contribution in [1.29, 1.82) is 0 Å². The average molecular weight is 194 g/mol. The molecular formula is C7H9Cl2NO. The lowest BCUT2D eigenvalue weighted by Crippen LogP contribution is -2.34. The van der Waals surface area contributed by atoms with Crippen LogP contribution in [0.4, 0.5) is 0 Å². The first-order valence-corrected chi connectivity index (χ1v) is 3.73. The summed E-state index contributed by atoms with van der Waals surface area (Å²) in [6, 6.07) is 4.10. The first kappa shape index (κ1) is 8.91. The van der Waals surface area contributed by atoms with Gasteiger partial charge in [-0.15, -0.1) is 12.4 Å². The molecule has 11 heavy (non-hydrogen) atoms.